The van der Waals surface area contributed by atoms with Gasteiger partial charge >= 0.3 is 0 Å². The molecule has 0 saturated heterocycles. The first-order chi connectivity index (χ1) is 8.13. The van der Waals surface area contributed by atoms with Crippen molar-refractivity contribution in [2.75, 3.05) is 6.61 Å². The van der Waals surface area contributed by atoms with E-state index in [0.717, 1.165) is 0 Å². The molecule has 0 aliphatic rings. The Hall–Kier alpha value is -1.77. The lowest BCUT2D eigenvalue weighted by atomic mass is 10.2. The number of aliphatic hydroxyl groups excluding tert-OH is 3. The van der Waals surface area contributed by atoms with Gasteiger partial charge < -0.3 is 24.9 Å². The van der Waals surface area contributed by atoms with Crippen molar-refractivity contribution in [3.8, 4) is 0 Å². The third-order valence-electron chi connectivity index (χ3n) is 2.42. The zero-order valence-electron chi connectivity index (χ0n) is 8.82. The van der Waals surface area contributed by atoms with Crippen molar-refractivity contribution in [1.82, 2.24) is 19.5 Å². The molecule has 2 heterocycles. The second kappa shape index (κ2) is 4.62. The van der Waals surface area contributed by atoms with Crippen LogP contribution >= 0.6 is 0 Å². The number of hydrogen-bond donors (Lipinski definition) is 4. The first-order valence-corrected chi connectivity index (χ1v) is 4.99. The van der Waals surface area contributed by atoms with E-state index < -0.39 is 18.8 Å². The second-order valence-electron chi connectivity index (χ2n) is 3.62. The van der Waals surface area contributed by atoms with Gasteiger partial charge in [-0.05, 0) is 0 Å². The van der Waals surface area contributed by atoms with Crippen LogP contribution in [-0.2, 0) is 6.54 Å². The minimum atomic E-state index is -1.24. The molecule has 0 aromatic carbocycles. The molecule has 0 fully saturated rings. The Balaban J connectivity index is 2.31. The average Bonchev–Trinajstić information content (AvgIpc) is 2.73. The van der Waals surface area contributed by atoms with E-state index in [1.165, 1.54) is 17.2 Å². The van der Waals surface area contributed by atoms with E-state index >= 15 is 0 Å². The van der Waals surface area contributed by atoms with Crippen molar-refractivity contribution < 1.29 is 15.3 Å². The molecule has 17 heavy (non-hydrogen) atoms. The summed E-state index contributed by atoms with van der Waals surface area (Å²) in [5, 5.41) is 27.5. The molecule has 0 bridgehead atoms. The number of nitrogens with zero attached hydrogens (tertiary/aromatic N) is 3. The maximum atomic E-state index is 11.3. The summed E-state index contributed by atoms with van der Waals surface area (Å²) in [6.45, 7) is -0.545. The Bertz CT molecular complexity index is 563. The van der Waals surface area contributed by atoms with Crippen LogP contribution in [0, 0.1) is 0 Å². The van der Waals surface area contributed by atoms with E-state index in [0.29, 0.717) is 5.65 Å². The first kappa shape index (κ1) is 11.7. The van der Waals surface area contributed by atoms with Gasteiger partial charge in [-0.1, -0.05) is 0 Å². The van der Waals surface area contributed by atoms with Gasteiger partial charge in [0.15, 0.2) is 11.2 Å². The number of aromatic amines is 1. The van der Waals surface area contributed by atoms with Crippen LogP contribution in [0.25, 0.3) is 11.2 Å². The van der Waals surface area contributed by atoms with E-state index in [1.807, 2.05) is 0 Å². The normalized spacial score (nSPS) is 15.0. The summed E-state index contributed by atoms with van der Waals surface area (Å²) in [5.74, 6) is 0. The topological polar surface area (TPSA) is 124 Å². The Labute approximate surface area is 95.2 Å². The van der Waals surface area contributed by atoms with Crippen LogP contribution in [0.3, 0.4) is 0 Å². The molecule has 8 nitrogen and oxygen atoms in total. The summed E-state index contributed by atoms with van der Waals surface area (Å²) in [7, 11) is 0. The molecular weight excluding hydrogens is 228 g/mol. The highest BCUT2D eigenvalue weighted by Crippen LogP contribution is 2.06. The van der Waals surface area contributed by atoms with Crippen molar-refractivity contribution in [2.45, 2.75) is 18.8 Å². The van der Waals surface area contributed by atoms with E-state index in [-0.39, 0.29) is 17.6 Å². The molecule has 8 heteroatoms. The third-order valence-corrected chi connectivity index (χ3v) is 2.42. The number of aliphatic hydroxyl groups is 3. The molecule has 0 radical (unpaired) electrons. The van der Waals surface area contributed by atoms with Crippen molar-refractivity contribution >= 4 is 11.2 Å². The SMILES string of the molecule is O=c1[nH]cnc2c1ncn2C[C@H](O)[C@H](O)CO. The van der Waals surface area contributed by atoms with Gasteiger partial charge in [0.2, 0.25) is 0 Å². The molecule has 92 valence electrons. The van der Waals surface area contributed by atoms with Gasteiger partial charge in [-0.25, -0.2) is 9.97 Å². The molecule has 0 amide bonds. The Morgan fingerprint density at radius 2 is 2.12 bits per heavy atom. The van der Waals surface area contributed by atoms with Gasteiger partial charge in [0, 0.05) is 0 Å². The molecule has 4 N–H and O–H groups in total. The van der Waals surface area contributed by atoms with Crippen molar-refractivity contribution in [3.05, 3.63) is 23.0 Å². The van der Waals surface area contributed by atoms with Crippen LogP contribution in [0.5, 0.6) is 0 Å². The van der Waals surface area contributed by atoms with E-state index in [9.17, 15) is 15.0 Å². The molecule has 2 aromatic rings. The third kappa shape index (κ3) is 2.18. The lowest BCUT2D eigenvalue weighted by Gasteiger charge is -2.15. The standard InChI is InChI=1S/C9H12N4O4/c14-2-6(16)5(15)1-13-4-12-7-8(13)10-3-11-9(7)17/h3-6,14-16H,1-2H2,(H,10,11,17)/t5-,6+/m0/s1. The van der Waals surface area contributed by atoms with Gasteiger partial charge in [-0.3, -0.25) is 4.79 Å². The highest BCUT2D eigenvalue weighted by atomic mass is 16.4. The lowest BCUT2D eigenvalue weighted by molar-refractivity contribution is -0.0211. The van der Waals surface area contributed by atoms with Gasteiger partial charge in [0.25, 0.3) is 5.56 Å². The van der Waals surface area contributed by atoms with Gasteiger partial charge in [0.05, 0.1) is 25.8 Å². The Kier molecular flexibility index (Phi) is 3.18. The molecule has 0 aliphatic heterocycles. The molecule has 2 atom stereocenters. The minimum absolute atomic E-state index is 0.00528. The number of nitrogens with one attached hydrogen (secondary N) is 1. The van der Waals surface area contributed by atoms with Gasteiger partial charge in [0.1, 0.15) is 12.2 Å². The van der Waals surface area contributed by atoms with Crippen LogP contribution in [0.15, 0.2) is 17.4 Å². The number of imidazole rings is 1. The van der Waals surface area contributed by atoms with E-state index in [4.69, 9.17) is 5.11 Å². The number of fused-ring (bicyclic) bond motifs is 1. The van der Waals surface area contributed by atoms with Crippen LogP contribution in [-0.4, -0.2) is 53.7 Å². The maximum Gasteiger partial charge on any atom is 0.278 e. The fourth-order valence-electron chi connectivity index (χ4n) is 1.47. The maximum absolute atomic E-state index is 11.3. The molecular formula is C9H12N4O4. The van der Waals surface area contributed by atoms with Gasteiger partial charge in [-0.2, -0.15) is 0 Å². The first-order valence-electron chi connectivity index (χ1n) is 4.99. The second-order valence-corrected chi connectivity index (χ2v) is 3.62. The predicted molar refractivity (Wildman–Crippen MR) is 57.2 cm³/mol. The van der Waals surface area contributed by atoms with E-state index in [1.54, 1.807) is 0 Å². The zero-order valence-corrected chi connectivity index (χ0v) is 8.82. The average molecular weight is 240 g/mol. The Morgan fingerprint density at radius 3 is 2.82 bits per heavy atom. The summed E-state index contributed by atoms with van der Waals surface area (Å²) < 4.78 is 1.44. The highest BCUT2D eigenvalue weighted by molar-refractivity contribution is 5.68. The number of H-pyrrole nitrogens is 1. The molecule has 0 spiro atoms. The van der Waals surface area contributed by atoms with Crippen LogP contribution in [0.2, 0.25) is 0 Å². The zero-order chi connectivity index (χ0) is 12.4. The summed E-state index contributed by atoms with van der Waals surface area (Å²) in [5.41, 5.74) is 0.113. The van der Waals surface area contributed by atoms with Gasteiger partial charge in [-0.15, -0.1) is 0 Å². The van der Waals surface area contributed by atoms with Crippen LogP contribution in [0.4, 0.5) is 0 Å². The molecule has 0 aliphatic carbocycles. The van der Waals surface area contributed by atoms with Crippen LogP contribution in [0.1, 0.15) is 0 Å². The number of rotatable bonds is 4. The summed E-state index contributed by atoms with van der Waals surface area (Å²) >= 11 is 0. The predicted octanol–water partition coefficient (Wildman–Crippen LogP) is -2.17. The molecule has 0 saturated carbocycles. The van der Waals surface area contributed by atoms with Crippen molar-refractivity contribution in [3.63, 3.8) is 0 Å². The fourth-order valence-corrected chi connectivity index (χ4v) is 1.47. The lowest BCUT2D eigenvalue weighted by Crippen LogP contribution is -2.33. The summed E-state index contributed by atoms with van der Waals surface area (Å²) in [4.78, 5) is 21.5. The molecule has 2 aromatic heterocycles. The largest absolute Gasteiger partial charge is 0.394 e. The number of aromatic nitrogens is 4. The molecule has 2 rings (SSSR count). The Morgan fingerprint density at radius 1 is 1.35 bits per heavy atom. The minimum Gasteiger partial charge on any atom is -0.394 e. The summed E-state index contributed by atoms with van der Waals surface area (Å²) in [6, 6.07) is 0. The van der Waals surface area contributed by atoms with E-state index in [2.05, 4.69) is 15.0 Å². The molecule has 0 unspecified atom stereocenters. The monoisotopic (exact) mass is 240 g/mol. The fraction of sp³-hybridized carbons (Fsp3) is 0.444. The summed E-state index contributed by atoms with van der Waals surface area (Å²) in [6.07, 6.45) is 0.186. The number of hydrogen-bond acceptors (Lipinski definition) is 6. The quantitative estimate of drug-likeness (QED) is 0.482. The highest BCUT2D eigenvalue weighted by Gasteiger charge is 2.17. The smallest absolute Gasteiger partial charge is 0.278 e. The van der Waals surface area contributed by atoms with Crippen molar-refractivity contribution in [1.29, 1.82) is 0 Å². The van der Waals surface area contributed by atoms with Crippen LogP contribution < -0.4 is 5.56 Å². The van der Waals surface area contributed by atoms with Crippen molar-refractivity contribution in [2.24, 2.45) is 0 Å².